The number of allylic oxidation sites excluding steroid dienone is 1. The van der Waals surface area contributed by atoms with Gasteiger partial charge in [-0.2, -0.15) is 0 Å². The number of hydrazine groups is 1. The fraction of sp³-hybridized carbons (Fsp3) is 0.292. The number of hydrogen-bond acceptors (Lipinski definition) is 6. The smallest absolute Gasteiger partial charge is 0.251 e. The third-order valence-corrected chi connectivity index (χ3v) is 5.20. The second kappa shape index (κ2) is 11.0. The standard InChI is InChI=1S/C24H28ClN5O2/c1-4-6-23(27-16(3)29-30(32)21-11-12-21)22(5-2)28-24(31)18-9-7-17(8-10-18)19-13-20(25)15-26-14-19/h4,6-10,13-15,21-22,29,32H,3,5,11-12H2,1-2H3,(H,28,31)/b6-4-,27-23+. The number of halogens is 1. The van der Waals surface area contributed by atoms with Crippen molar-refractivity contribution < 1.29 is 10.0 Å². The number of hydrogen-bond donors (Lipinski definition) is 3. The highest BCUT2D eigenvalue weighted by molar-refractivity contribution is 6.30. The first kappa shape index (κ1) is 23.7. The third kappa shape index (κ3) is 6.50. The Morgan fingerprint density at radius 1 is 1.34 bits per heavy atom. The van der Waals surface area contributed by atoms with Crippen molar-refractivity contribution in [3.05, 3.63) is 77.9 Å². The molecule has 1 aromatic heterocycles. The van der Waals surface area contributed by atoms with Crippen LogP contribution in [0.25, 0.3) is 11.1 Å². The highest BCUT2D eigenvalue weighted by Crippen LogP contribution is 2.24. The molecule has 1 aliphatic carbocycles. The highest BCUT2D eigenvalue weighted by atomic mass is 35.5. The van der Waals surface area contributed by atoms with E-state index in [0.29, 0.717) is 28.5 Å². The van der Waals surface area contributed by atoms with Gasteiger partial charge in [-0.25, -0.2) is 4.99 Å². The minimum atomic E-state index is -0.317. The first-order chi connectivity index (χ1) is 15.4. The molecule has 1 unspecified atom stereocenters. The van der Waals surface area contributed by atoms with Gasteiger partial charge in [0.15, 0.2) is 0 Å². The van der Waals surface area contributed by atoms with E-state index in [-0.39, 0.29) is 18.0 Å². The summed E-state index contributed by atoms with van der Waals surface area (Å²) in [5.74, 6) is 0.102. The predicted molar refractivity (Wildman–Crippen MR) is 127 cm³/mol. The molecule has 0 saturated heterocycles. The quantitative estimate of drug-likeness (QED) is 0.356. The van der Waals surface area contributed by atoms with Gasteiger partial charge in [0.2, 0.25) is 0 Å². The lowest BCUT2D eigenvalue weighted by molar-refractivity contribution is -0.136. The monoisotopic (exact) mass is 453 g/mol. The average molecular weight is 454 g/mol. The Morgan fingerprint density at radius 2 is 2.06 bits per heavy atom. The number of carbonyl (C=O) groups is 1. The van der Waals surface area contributed by atoms with Crippen LogP contribution in [0.2, 0.25) is 5.02 Å². The van der Waals surface area contributed by atoms with E-state index >= 15 is 0 Å². The summed E-state index contributed by atoms with van der Waals surface area (Å²) >= 11 is 6.02. The van der Waals surface area contributed by atoms with E-state index in [2.05, 4.69) is 27.3 Å². The zero-order valence-electron chi connectivity index (χ0n) is 18.3. The van der Waals surface area contributed by atoms with E-state index in [1.165, 1.54) is 0 Å². The Balaban J connectivity index is 1.70. The van der Waals surface area contributed by atoms with Crippen molar-refractivity contribution in [2.45, 2.75) is 45.2 Å². The molecule has 1 aliphatic rings. The molecule has 0 radical (unpaired) electrons. The Hall–Kier alpha value is -3.00. The summed E-state index contributed by atoms with van der Waals surface area (Å²) in [5, 5.41) is 14.5. The number of nitrogens with zero attached hydrogens (tertiary/aromatic N) is 3. The zero-order chi connectivity index (χ0) is 23.1. The van der Waals surface area contributed by atoms with Crippen LogP contribution >= 0.6 is 11.6 Å². The Bertz CT molecular complexity index is 1020. The van der Waals surface area contributed by atoms with Crippen LogP contribution in [0.15, 0.2) is 72.3 Å². The number of benzene rings is 1. The van der Waals surface area contributed by atoms with Gasteiger partial charge in [-0.05, 0) is 56.0 Å². The summed E-state index contributed by atoms with van der Waals surface area (Å²) in [4.78, 5) is 21.5. The molecule has 1 saturated carbocycles. The van der Waals surface area contributed by atoms with E-state index in [1.807, 2.05) is 44.2 Å². The predicted octanol–water partition coefficient (Wildman–Crippen LogP) is 4.76. The zero-order valence-corrected chi connectivity index (χ0v) is 19.0. The molecule has 0 spiro atoms. The van der Waals surface area contributed by atoms with Crippen LogP contribution in [0.5, 0.6) is 0 Å². The summed E-state index contributed by atoms with van der Waals surface area (Å²) in [5.41, 5.74) is 5.75. The first-order valence-corrected chi connectivity index (χ1v) is 11.0. The number of hydroxylamine groups is 1. The summed E-state index contributed by atoms with van der Waals surface area (Å²) in [6.45, 7) is 7.72. The normalized spacial score (nSPS) is 15.1. The van der Waals surface area contributed by atoms with Gasteiger partial charge in [0.05, 0.1) is 22.8 Å². The molecule has 2 aromatic rings. The number of rotatable bonds is 10. The molecule has 0 bridgehead atoms. The molecular formula is C24H28ClN5O2. The van der Waals surface area contributed by atoms with Gasteiger partial charge in [-0.15, -0.1) is 5.17 Å². The average Bonchev–Trinajstić information content (AvgIpc) is 3.63. The summed E-state index contributed by atoms with van der Waals surface area (Å²) in [7, 11) is 0. The maximum absolute atomic E-state index is 12.9. The number of carbonyl (C=O) groups excluding carboxylic acids is 1. The Morgan fingerprint density at radius 3 is 2.66 bits per heavy atom. The number of nitrogens with one attached hydrogen (secondary N) is 2. The Kier molecular flexibility index (Phi) is 8.16. The van der Waals surface area contributed by atoms with E-state index in [0.717, 1.165) is 29.1 Å². The van der Waals surface area contributed by atoms with Gasteiger partial charge >= 0.3 is 0 Å². The SMILES string of the molecule is C=C(/N=C(\C=C/C)C(CC)NC(=O)c1ccc(-c2cncc(Cl)c2)cc1)NN(O)C1CC1. The van der Waals surface area contributed by atoms with Crippen LogP contribution in [0, 0.1) is 0 Å². The second-order valence-corrected chi connectivity index (χ2v) is 8.01. The molecule has 1 amide bonds. The lowest BCUT2D eigenvalue weighted by atomic mass is 10.0. The van der Waals surface area contributed by atoms with E-state index < -0.39 is 0 Å². The molecule has 1 atom stereocenters. The van der Waals surface area contributed by atoms with Gasteiger partial charge < -0.3 is 5.32 Å². The van der Waals surface area contributed by atoms with Crippen molar-refractivity contribution >= 4 is 23.2 Å². The van der Waals surface area contributed by atoms with Gasteiger partial charge in [-0.1, -0.05) is 43.3 Å². The fourth-order valence-corrected chi connectivity index (χ4v) is 3.31. The topological polar surface area (TPSA) is 89.8 Å². The molecule has 168 valence electrons. The molecule has 3 rings (SSSR count). The van der Waals surface area contributed by atoms with Gasteiger partial charge in [0.1, 0.15) is 5.82 Å². The van der Waals surface area contributed by atoms with Crippen molar-refractivity contribution in [2.75, 3.05) is 0 Å². The minimum absolute atomic E-state index is 0.0967. The minimum Gasteiger partial charge on any atom is -0.344 e. The number of amides is 1. The molecule has 32 heavy (non-hydrogen) atoms. The summed E-state index contributed by atoms with van der Waals surface area (Å²) < 4.78 is 0. The molecule has 3 N–H and O–H groups in total. The molecule has 7 nitrogen and oxygen atoms in total. The van der Waals surface area contributed by atoms with Gasteiger partial charge in [0.25, 0.3) is 5.91 Å². The van der Waals surface area contributed by atoms with Crippen molar-refractivity contribution in [2.24, 2.45) is 4.99 Å². The van der Waals surface area contributed by atoms with Crippen LogP contribution in [-0.4, -0.2) is 39.1 Å². The van der Waals surface area contributed by atoms with E-state index in [1.54, 1.807) is 24.5 Å². The summed E-state index contributed by atoms with van der Waals surface area (Å²) in [6, 6.07) is 8.87. The van der Waals surface area contributed by atoms with Gasteiger partial charge in [0, 0.05) is 23.5 Å². The fourth-order valence-electron chi connectivity index (χ4n) is 3.14. The van der Waals surface area contributed by atoms with Crippen LogP contribution in [0.3, 0.4) is 0 Å². The maximum Gasteiger partial charge on any atom is 0.251 e. The molecule has 8 heteroatoms. The second-order valence-electron chi connectivity index (χ2n) is 7.57. The number of aliphatic imine (C=N–C) groups is 1. The van der Waals surface area contributed by atoms with Crippen molar-refractivity contribution in [1.82, 2.24) is 20.9 Å². The van der Waals surface area contributed by atoms with Crippen LogP contribution in [-0.2, 0) is 0 Å². The van der Waals surface area contributed by atoms with Crippen LogP contribution < -0.4 is 10.7 Å². The molecule has 0 aliphatic heterocycles. The third-order valence-electron chi connectivity index (χ3n) is 4.99. The lowest BCUT2D eigenvalue weighted by Crippen LogP contribution is -2.41. The van der Waals surface area contributed by atoms with Crippen LogP contribution in [0.4, 0.5) is 0 Å². The molecule has 1 aromatic carbocycles. The van der Waals surface area contributed by atoms with Crippen LogP contribution in [0.1, 0.15) is 43.5 Å². The van der Waals surface area contributed by atoms with Gasteiger partial charge in [-0.3, -0.25) is 20.4 Å². The summed E-state index contributed by atoms with van der Waals surface area (Å²) in [6.07, 6.45) is 9.49. The number of pyridine rings is 1. The lowest BCUT2D eigenvalue weighted by Gasteiger charge is -2.20. The molecule has 1 fully saturated rings. The van der Waals surface area contributed by atoms with Crippen molar-refractivity contribution in [3.63, 3.8) is 0 Å². The van der Waals surface area contributed by atoms with Crippen molar-refractivity contribution in [3.8, 4) is 11.1 Å². The van der Waals surface area contributed by atoms with E-state index in [9.17, 15) is 10.0 Å². The molecular weight excluding hydrogens is 426 g/mol. The Labute approximate surface area is 193 Å². The largest absolute Gasteiger partial charge is 0.344 e. The highest BCUT2D eigenvalue weighted by Gasteiger charge is 2.28. The first-order valence-electron chi connectivity index (χ1n) is 10.6. The van der Waals surface area contributed by atoms with E-state index in [4.69, 9.17) is 11.6 Å². The molecule has 1 heterocycles. The van der Waals surface area contributed by atoms with Crippen molar-refractivity contribution in [1.29, 1.82) is 0 Å². The maximum atomic E-state index is 12.9. The number of aromatic nitrogens is 1.